The van der Waals surface area contributed by atoms with Crippen LogP contribution in [0.3, 0.4) is 0 Å². The number of rotatable bonds is 7. The van der Waals surface area contributed by atoms with Crippen molar-refractivity contribution in [2.75, 3.05) is 25.6 Å². The fraction of sp³-hybridized carbons (Fsp3) is 0.348. The standard InChI is InChI=1S/C23H24ClN7O2/c1-33-10-9-26-22(32)15-4-5-16(11-15)28-23-27-13-18-20(24)30-31(21(18)29-23)17-6-7-19-14(12-17)3-2-8-25-19/h2-3,6-8,12-13,15-16H,4-5,9-11H2,1H3,(H,26,32)(H,27,28,29)/t15-,16-/m1/s1. The lowest BCUT2D eigenvalue weighted by Crippen LogP contribution is -2.32. The Labute approximate surface area is 195 Å². The van der Waals surface area contributed by atoms with Crippen molar-refractivity contribution in [3.63, 3.8) is 0 Å². The molecule has 3 heterocycles. The molecule has 1 aliphatic carbocycles. The summed E-state index contributed by atoms with van der Waals surface area (Å²) < 4.78 is 6.71. The summed E-state index contributed by atoms with van der Waals surface area (Å²) in [5.74, 6) is 0.547. The number of pyridine rings is 1. The number of anilines is 1. The molecule has 10 heteroatoms. The lowest BCUT2D eigenvalue weighted by molar-refractivity contribution is -0.125. The van der Waals surface area contributed by atoms with Crippen LogP contribution in [-0.4, -0.2) is 56.9 Å². The molecule has 0 spiro atoms. The first-order valence-electron chi connectivity index (χ1n) is 10.9. The zero-order valence-electron chi connectivity index (χ0n) is 18.2. The van der Waals surface area contributed by atoms with Crippen molar-refractivity contribution in [3.05, 3.63) is 47.9 Å². The van der Waals surface area contributed by atoms with E-state index < -0.39 is 0 Å². The van der Waals surface area contributed by atoms with Gasteiger partial charge in [0, 0.05) is 43.4 Å². The number of aromatic nitrogens is 5. The Kier molecular flexibility index (Phi) is 6.06. The minimum atomic E-state index is -0.0192. The van der Waals surface area contributed by atoms with E-state index in [9.17, 15) is 4.79 Å². The maximum absolute atomic E-state index is 12.3. The molecule has 0 aliphatic heterocycles. The fourth-order valence-corrected chi connectivity index (χ4v) is 4.48. The Morgan fingerprint density at radius 3 is 3.06 bits per heavy atom. The van der Waals surface area contributed by atoms with Gasteiger partial charge in [-0.3, -0.25) is 9.78 Å². The van der Waals surface area contributed by atoms with E-state index >= 15 is 0 Å². The molecule has 3 aromatic heterocycles. The molecule has 170 valence electrons. The summed E-state index contributed by atoms with van der Waals surface area (Å²) in [5.41, 5.74) is 2.36. The number of hydrogen-bond acceptors (Lipinski definition) is 7. The van der Waals surface area contributed by atoms with E-state index in [2.05, 4.69) is 25.7 Å². The number of methoxy groups -OCH3 is 1. The molecule has 4 aromatic rings. The highest BCUT2D eigenvalue weighted by Crippen LogP contribution is 2.29. The number of fused-ring (bicyclic) bond motifs is 2. The molecule has 2 atom stereocenters. The molecule has 2 N–H and O–H groups in total. The van der Waals surface area contributed by atoms with Crippen LogP contribution in [0.2, 0.25) is 5.15 Å². The first-order chi connectivity index (χ1) is 16.1. The van der Waals surface area contributed by atoms with Crippen LogP contribution in [0.4, 0.5) is 5.95 Å². The summed E-state index contributed by atoms with van der Waals surface area (Å²) in [4.78, 5) is 25.8. The highest BCUT2D eigenvalue weighted by Gasteiger charge is 2.30. The number of benzene rings is 1. The van der Waals surface area contributed by atoms with Crippen LogP contribution in [0.15, 0.2) is 42.7 Å². The van der Waals surface area contributed by atoms with Crippen LogP contribution in [0, 0.1) is 5.92 Å². The number of ether oxygens (including phenoxy) is 1. The van der Waals surface area contributed by atoms with Crippen molar-refractivity contribution in [1.29, 1.82) is 0 Å². The highest BCUT2D eigenvalue weighted by atomic mass is 35.5. The quantitative estimate of drug-likeness (QED) is 0.403. The van der Waals surface area contributed by atoms with Crippen LogP contribution in [0.1, 0.15) is 19.3 Å². The maximum Gasteiger partial charge on any atom is 0.224 e. The number of amides is 1. The van der Waals surface area contributed by atoms with Crippen molar-refractivity contribution in [2.24, 2.45) is 5.92 Å². The van der Waals surface area contributed by atoms with Gasteiger partial charge < -0.3 is 15.4 Å². The van der Waals surface area contributed by atoms with Gasteiger partial charge in [0.1, 0.15) is 0 Å². The topological polar surface area (TPSA) is 107 Å². The molecular formula is C23H24ClN7O2. The largest absolute Gasteiger partial charge is 0.383 e. The van der Waals surface area contributed by atoms with Gasteiger partial charge >= 0.3 is 0 Å². The molecule has 1 fully saturated rings. The van der Waals surface area contributed by atoms with E-state index in [1.165, 1.54) is 0 Å². The highest BCUT2D eigenvalue weighted by molar-refractivity contribution is 6.34. The van der Waals surface area contributed by atoms with Crippen molar-refractivity contribution in [1.82, 2.24) is 30.0 Å². The first-order valence-corrected chi connectivity index (χ1v) is 11.3. The van der Waals surface area contributed by atoms with E-state index in [-0.39, 0.29) is 17.9 Å². The number of carbonyl (C=O) groups is 1. The van der Waals surface area contributed by atoms with Crippen LogP contribution in [-0.2, 0) is 9.53 Å². The monoisotopic (exact) mass is 465 g/mol. The van der Waals surface area contributed by atoms with Gasteiger partial charge in [0.2, 0.25) is 11.9 Å². The van der Waals surface area contributed by atoms with E-state index in [4.69, 9.17) is 21.3 Å². The third kappa shape index (κ3) is 4.46. The number of hydrogen-bond donors (Lipinski definition) is 2. The van der Waals surface area contributed by atoms with Crippen molar-refractivity contribution < 1.29 is 9.53 Å². The van der Waals surface area contributed by atoms with Crippen LogP contribution in [0.5, 0.6) is 0 Å². The van der Waals surface area contributed by atoms with Gasteiger partial charge in [-0.05, 0) is 43.5 Å². The second kappa shape index (κ2) is 9.29. The second-order valence-electron chi connectivity index (χ2n) is 8.15. The summed E-state index contributed by atoms with van der Waals surface area (Å²) in [5, 5.41) is 12.8. The zero-order valence-corrected chi connectivity index (χ0v) is 18.9. The van der Waals surface area contributed by atoms with E-state index in [1.807, 2.05) is 30.3 Å². The van der Waals surface area contributed by atoms with Crippen LogP contribution >= 0.6 is 11.6 Å². The third-order valence-corrected chi connectivity index (χ3v) is 6.23. The van der Waals surface area contributed by atoms with E-state index in [0.29, 0.717) is 35.3 Å². The molecule has 1 saturated carbocycles. The van der Waals surface area contributed by atoms with Crippen LogP contribution in [0.25, 0.3) is 27.6 Å². The predicted octanol–water partition coefficient (Wildman–Crippen LogP) is 3.36. The normalized spacial score (nSPS) is 18.1. The predicted molar refractivity (Wildman–Crippen MR) is 127 cm³/mol. The molecule has 9 nitrogen and oxygen atoms in total. The summed E-state index contributed by atoms with van der Waals surface area (Å²) in [6.45, 7) is 1.04. The van der Waals surface area contributed by atoms with Crippen molar-refractivity contribution in [2.45, 2.75) is 25.3 Å². The van der Waals surface area contributed by atoms with Gasteiger partial charge in [-0.25, -0.2) is 9.67 Å². The second-order valence-corrected chi connectivity index (χ2v) is 8.51. The zero-order chi connectivity index (χ0) is 22.8. The molecule has 5 rings (SSSR count). The van der Waals surface area contributed by atoms with Crippen LogP contribution < -0.4 is 10.6 Å². The smallest absolute Gasteiger partial charge is 0.224 e. The van der Waals surface area contributed by atoms with Crippen molar-refractivity contribution >= 4 is 45.4 Å². The molecular weight excluding hydrogens is 442 g/mol. The summed E-state index contributed by atoms with van der Waals surface area (Å²) in [6.07, 6.45) is 5.89. The molecule has 1 aliphatic rings. The summed E-state index contributed by atoms with van der Waals surface area (Å²) >= 11 is 6.38. The van der Waals surface area contributed by atoms with E-state index in [1.54, 1.807) is 24.2 Å². The van der Waals surface area contributed by atoms with Crippen molar-refractivity contribution in [3.8, 4) is 5.69 Å². The van der Waals surface area contributed by atoms with Gasteiger partial charge in [-0.2, -0.15) is 10.1 Å². The number of halogens is 1. The molecule has 0 bridgehead atoms. The summed E-state index contributed by atoms with van der Waals surface area (Å²) in [7, 11) is 1.62. The molecule has 33 heavy (non-hydrogen) atoms. The summed E-state index contributed by atoms with van der Waals surface area (Å²) in [6, 6.07) is 9.92. The molecule has 1 aromatic carbocycles. The average Bonchev–Trinajstić information content (AvgIpc) is 3.43. The van der Waals surface area contributed by atoms with Gasteiger partial charge in [0.15, 0.2) is 10.8 Å². The lowest BCUT2D eigenvalue weighted by atomic mass is 10.1. The Bertz CT molecular complexity index is 1310. The molecule has 0 radical (unpaired) electrons. The average molecular weight is 466 g/mol. The lowest BCUT2D eigenvalue weighted by Gasteiger charge is -2.14. The Balaban J connectivity index is 1.36. The number of nitrogens with zero attached hydrogens (tertiary/aromatic N) is 5. The number of nitrogens with one attached hydrogen (secondary N) is 2. The minimum Gasteiger partial charge on any atom is -0.383 e. The van der Waals surface area contributed by atoms with Gasteiger partial charge in [-0.1, -0.05) is 17.7 Å². The Morgan fingerprint density at radius 2 is 2.18 bits per heavy atom. The van der Waals surface area contributed by atoms with Gasteiger partial charge in [0.05, 0.1) is 23.2 Å². The Hall–Kier alpha value is -3.30. The molecule has 1 amide bonds. The van der Waals surface area contributed by atoms with Gasteiger partial charge in [0.25, 0.3) is 0 Å². The molecule has 0 unspecified atom stereocenters. The molecule has 0 saturated heterocycles. The SMILES string of the molecule is COCCNC(=O)[C@@H]1CC[C@@H](Nc2ncc3c(Cl)nn(-c4ccc5ncccc5c4)c3n2)C1. The maximum atomic E-state index is 12.3. The number of carbonyl (C=O) groups excluding carboxylic acids is 1. The van der Waals surface area contributed by atoms with Gasteiger partial charge in [-0.15, -0.1) is 0 Å². The first kappa shape index (κ1) is 21.5. The third-order valence-electron chi connectivity index (χ3n) is 5.95. The fourth-order valence-electron chi connectivity index (χ4n) is 4.27. The van der Waals surface area contributed by atoms with E-state index in [0.717, 1.165) is 35.9 Å². The minimum absolute atomic E-state index is 0.0192. The Morgan fingerprint density at radius 1 is 1.27 bits per heavy atom.